The summed E-state index contributed by atoms with van der Waals surface area (Å²) in [6.45, 7) is 2.10. The molecule has 0 aromatic carbocycles. The van der Waals surface area contributed by atoms with Gasteiger partial charge in [0.1, 0.15) is 0 Å². The van der Waals surface area contributed by atoms with Crippen LogP contribution in [-0.4, -0.2) is 41.1 Å². The number of nitrogens with one attached hydrogen (secondary N) is 1. The van der Waals surface area contributed by atoms with Gasteiger partial charge in [-0.25, -0.2) is 0 Å². The summed E-state index contributed by atoms with van der Waals surface area (Å²) in [6, 6.07) is 1.84. The lowest BCUT2D eigenvalue weighted by Gasteiger charge is -2.27. The third kappa shape index (κ3) is 3.86. The molecule has 1 aromatic heterocycles. The first-order valence-electron chi connectivity index (χ1n) is 8.74. The molecule has 0 spiro atoms. The predicted octanol–water partition coefficient (Wildman–Crippen LogP) is 3.00. The molecular formula is C18H24N2O3S. The monoisotopic (exact) mass is 348 g/mol. The van der Waals surface area contributed by atoms with Crippen molar-refractivity contribution in [3.63, 3.8) is 0 Å². The molecule has 130 valence electrons. The van der Waals surface area contributed by atoms with E-state index in [-0.39, 0.29) is 23.6 Å². The van der Waals surface area contributed by atoms with Gasteiger partial charge in [0.05, 0.1) is 16.5 Å². The van der Waals surface area contributed by atoms with E-state index in [4.69, 9.17) is 0 Å². The second-order valence-corrected chi connectivity index (χ2v) is 7.73. The fraction of sp³-hybridized carbons (Fsp3) is 0.611. The molecule has 0 bridgehead atoms. The standard InChI is InChI=1S/C18H24N2O3S/c1-12(21)16-8-13(11-24-16)18(23)19-14-9-17(22)20(10-14)15-6-4-2-3-5-7-15/h8,11,14-15H,2-7,9-10H2,1H3,(H,19,23)/t14-/m0/s1. The first-order chi connectivity index (χ1) is 11.5. The van der Waals surface area contributed by atoms with Gasteiger partial charge in [-0.15, -0.1) is 11.3 Å². The third-order valence-corrected chi connectivity index (χ3v) is 6.00. The third-order valence-electron chi connectivity index (χ3n) is 4.97. The van der Waals surface area contributed by atoms with Crippen LogP contribution in [0.2, 0.25) is 0 Å². The van der Waals surface area contributed by atoms with E-state index in [1.54, 1.807) is 11.4 Å². The fourth-order valence-corrected chi connectivity index (χ4v) is 4.45. The van der Waals surface area contributed by atoms with Gasteiger partial charge in [-0.05, 0) is 25.8 Å². The summed E-state index contributed by atoms with van der Waals surface area (Å²) in [4.78, 5) is 38.6. The highest BCUT2D eigenvalue weighted by molar-refractivity contribution is 7.12. The quantitative estimate of drug-likeness (QED) is 0.672. The summed E-state index contributed by atoms with van der Waals surface area (Å²) in [5.74, 6) is -0.0733. The number of Topliss-reactive ketones (excluding diaryl/α,β-unsaturated/α-hetero) is 1. The lowest BCUT2D eigenvalue weighted by Crippen LogP contribution is -2.40. The van der Waals surface area contributed by atoms with Gasteiger partial charge < -0.3 is 10.2 Å². The molecule has 1 saturated heterocycles. The zero-order valence-corrected chi connectivity index (χ0v) is 14.9. The molecule has 1 aliphatic heterocycles. The second-order valence-electron chi connectivity index (χ2n) is 6.82. The van der Waals surface area contributed by atoms with Crippen LogP contribution < -0.4 is 5.32 Å². The van der Waals surface area contributed by atoms with Crippen LogP contribution in [0.3, 0.4) is 0 Å². The Morgan fingerprint density at radius 3 is 2.54 bits per heavy atom. The molecule has 1 N–H and O–H groups in total. The van der Waals surface area contributed by atoms with Crippen LogP contribution in [0.5, 0.6) is 0 Å². The SMILES string of the molecule is CC(=O)c1cc(C(=O)N[C@H]2CC(=O)N(C3CCCCCC3)C2)cs1. The number of carbonyl (C=O) groups excluding carboxylic acids is 3. The predicted molar refractivity (Wildman–Crippen MR) is 93.4 cm³/mol. The number of rotatable bonds is 4. The lowest BCUT2D eigenvalue weighted by molar-refractivity contribution is -0.129. The molecule has 1 aliphatic carbocycles. The van der Waals surface area contributed by atoms with Gasteiger partial charge in [0.15, 0.2) is 5.78 Å². The molecule has 2 amide bonds. The maximum atomic E-state index is 12.3. The van der Waals surface area contributed by atoms with E-state index in [1.165, 1.54) is 43.9 Å². The Balaban J connectivity index is 1.58. The highest BCUT2D eigenvalue weighted by atomic mass is 32.1. The first-order valence-corrected chi connectivity index (χ1v) is 9.62. The second kappa shape index (κ2) is 7.47. The van der Waals surface area contributed by atoms with Crippen LogP contribution in [0.1, 0.15) is 71.9 Å². The molecule has 3 rings (SSSR count). The molecule has 0 unspecified atom stereocenters. The van der Waals surface area contributed by atoms with Crippen LogP contribution in [0.15, 0.2) is 11.4 Å². The summed E-state index contributed by atoms with van der Waals surface area (Å²) >= 11 is 1.28. The molecule has 6 heteroatoms. The number of nitrogens with zero attached hydrogens (tertiary/aromatic N) is 1. The van der Waals surface area contributed by atoms with Gasteiger partial charge in [0.2, 0.25) is 5.91 Å². The summed E-state index contributed by atoms with van der Waals surface area (Å²) in [5.41, 5.74) is 0.505. The molecule has 24 heavy (non-hydrogen) atoms. The molecule has 2 aliphatic rings. The smallest absolute Gasteiger partial charge is 0.252 e. The maximum Gasteiger partial charge on any atom is 0.252 e. The Bertz CT molecular complexity index is 632. The van der Waals surface area contributed by atoms with E-state index in [2.05, 4.69) is 5.32 Å². The minimum atomic E-state index is -0.195. The van der Waals surface area contributed by atoms with Gasteiger partial charge in [-0.1, -0.05) is 25.7 Å². The van der Waals surface area contributed by atoms with E-state index in [1.807, 2.05) is 4.90 Å². The van der Waals surface area contributed by atoms with Crippen LogP contribution in [0.4, 0.5) is 0 Å². The van der Waals surface area contributed by atoms with Crippen molar-refractivity contribution in [3.05, 3.63) is 21.9 Å². The van der Waals surface area contributed by atoms with Crippen LogP contribution in [-0.2, 0) is 4.79 Å². The molecular weight excluding hydrogens is 324 g/mol. The normalized spacial score (nSPS) is 22.5. The van der Waals surface area contributed by atoms with E-state index < -0.39 is 0 Å². The van der Waals surface area contributed by atoms with Crippen molar-refractivity contribution in [1.29, 1.82) is 0 Å². The summed E-state index contributed by atoms with van der Waals surface area (Å²) < 4.78 is 0. The molecule has 5 nitrogen and oxygen atoms in total. The van der Waals surface area contributed by atoms with Crippen molar-refractivity contribution in [3.8, 4) is 0 Å². The maximum absolute atomic E-state index is 12.3. The Morgan fingerprint density at radius 2 is 1.92 bits per heavy atom. The van der Waals surface area contributed by atoms with Gasteiger partial charge in [-0.3, -0.25) is 14.4 Å². The van der Waals surface area contributed by atoms with E-state index in [0.717, 1.165) is 12.8 Å². The van der Waals surface area contributed by atoms with E-state index >= 15 is 0 Å². The molecule has 1 aromatic rings. The number of hydrogen-bond donors (Lipinski definition) is 1. The van der Waals surface area contributed by atoms with Crippen molar-refractivity contribution in [2.24, 2.45) is 0 Å². The number of thiophene rings is 1. The van der Waals surface area contributed by atoms with E-state index in [0.29, 0.717) is 29.4 Å². The summed E-state index contributed by atoms with van der Waals surface area (Å²) in [6.07, 6.45) is 7.44. The minimum absolute atomic E-state index is 0.0327. The number of carbonyl (C=O) groups is 3. The molecule has 2 fully saturated rings. The lowest BCUT2D eigenvalue weighted by atomic mass is 10.1. The minimum Gasteiger partial charge on any atom is -0.347 e. The highest BCUT2D eigenvalue weighted by Crippen LogP contribution is 2.26. The largest absolute Gasteiger partial charge is 0.347 e. The zero-order chi connectivity index (χ0) is 17.1. The average molecular weight is 348 g/mol. The molecule has 2 heterocycles. The summed E-state index contributed by atoms with van der Waals surface area (Å²) in [5, 5.41) is 4.66. The fourth-order valence-electron chi connectivity index (χ4n) is 3.66. The van der Waals surface area contributed by atoms with Crippen LogP contribution in [0, 0.1) is 0 Å². The van der Waals surface area contributed by atoms with Gasteiger partial charge >= 0.3 is 0 Å². The zero-order valence-electron chi connectivity index (χ0n) is 14.0. The van der Waals surface area contributed by atoms with Gasteiger partial charge in [-0.2, -0.15) is 0 Å². The molecule has 0 radical (unpaired) electrons. The van der Waals surface area contributed by atoms with Crippen LogP contribution in [0.25, 0.3) is 0 Å². The molecule has 1 atom stereocenters. The Labute approximate surface area is 146 Å². The average Bonchev–Trinajstić information content (AvgIpc) is 3.07. The highest BCUT2D eigenvalue weighted by Gasteiger charge is 2.35. The van der Waals surface area contributed by atoms with Gasteiger partial charge in [0, 0.05) is 24.4 Å². The van der Waals surface area contributed by atoms with Gasteiger partial charge in [0.25, 0.3) is 5.91 Å². The van der Waals surface area contributed by atoms with Crippen LogP contribution >= 0.6 is 11.3 Å². The molecule has 1 saturated carbocycles. The van der Waals surface area contributed by atoms with Crippen molar-refractivity contribution < 1.29 is 14.4 Å². The van der Waals surface area contributed by atoms with Crippen molar-refractivity contribution in [2.45, 2.75) is 64.0 Å². The Kier molecular flexibility index (Phi) is 5.33. The van der Waals surface area contributed by atoms with Crippen molar-refractivity contribution in [2.75, 3.05) is 6.54 Å². The Hall–Kier alpha value is -1.69. The number of amides is 2. The Morgan fingerprint density at radius 1 is 1.21 bits per heavy atom. The van der Waals surface area contributed by atoms with Crippen molar-refractivity contribution >= 4 is 28.9 Å². The summed E-state index contributed by atoms with van der Waals surface area (Å²) in [7, 11) is 0. The van der Waals surface area contributed by atoms with Crippen molar-refractivity contribution in [1.82, 2.24) is 10.2 Å². The number of ketones is 1. The van der Waals surface area contributed by atoms with E-state index in [9.17, 15) is 14.4 Å². The number of hydrogen-bond acceptors (Lipinski definition) is 4. The first kappa shape index (κ1) is 17.1. The number of likely N-dealkylation sites (tertiary alicyclic amines) is 1. The topological polar surface area (TPSA) is 66.5 Å².